The number of methoxy groups -OCH3 is 1. The van der Waals surface area contributed by atoms with E-state index in [9.17, 15) is 5.11 Å². The van der Waals surface area contributed by atoms with Crippen LogP contribution in [0, 0.1) is 0 Å². The molecular weight excluding hydrogens is 346 g/mol. The third-order valence-corrected chi connectivity index (χ3v) is 4.28. The van der Waals surface area contributed by atoms with E-state index in [0.717, 1.165) is 12.8 Å². The molecule has 1 saturated heterocycles. The Bertz CT molecular complexity index is 924. The fourth-order valence-electron chi connectivity index (χ4n) is 2.88. The molecule has 1 aliphatic rings. The van der Waals surface area contributed by atoms with Gasteiger partial charge in [0.2, 0.25) is 0 Å². The quantitative estimate of drug-likeness (QED) is 0.736. The summed E-state index contributed by atoms with van der Waals surface area (Å²) in [7, 11) is 1.55. The van der Waals surface area contributed by atoms with Gasteiger partial charge in [0, 0.05) is 17.7 Å². The summed E-state index contributed by atoms with van der Waals surface area (Å²) in [5, 5.41) is 13.6. The first-order valence-corrected chi connectivity index (χ1v) is 8.19. The van der Waals surface area contributed by atoms with Gasteiger partial charge in [-0.05, 0) is 25.0 Å². The zero-order valence-electron chi connectivity index (χ0n) is 13.4. The number of aromatic hydroxyl groups is 1. The molecular formula is C16H16ClN5O3. The van der Waals surface area contributed by atoms with Gasteiger partial charge in [-0.3, -0.25) is 4.57 Å². The fourth-order valence-corrected chi connectivity index (χ4v) is 3.04. The van der Waals surface area contributed by atoms with Crippen molar-refractivity contribution < 1.29 is 14.6 Å². The number of aromatic nitrogens is 4. The number of imidazole rings is 1. The maximum atomic E-state index is 9.95. The summed E-state index contributed by atoms with van der Waals surface area (Å²) in [6.07, 6.45) is 3.38. The van der Waals surface area contributed by atoms with Crippen molar-refractivity contribution in [1.82, 2.24) is 19.5 Å². The first kappa shape index (κ1) is 15.9. The van der Waals surface area contributed by atoms with Crippen molar-refractivity contribution in [2.75, 3.05) is 19.0 Å². The topological polar surface area (TPSA) is 94.3 Å². The summed E-state index contributed by atoms with van der Waals surface area (Å²) in [5.74, 6) is 0.928. The maximum Gasteiger partial charge on any atom is 0.318 e. The second-order valence-corrected chi connectivity index (χ2v) is 6.07. The minimum Gasteiger partial charge on any atom is -0.495 e. The van der Waals surface area contributed by atoms with Crippen molar-refractivity contribution in [1.29, 1.82) is 0 Å². The van der Waals surface area contributed by atoms with E-state index in [1.165, 1.54) is 0 Å². The van der Waals surface area contributed by atoms with Gasteiger partial charge in [0.1, 0.15) is 12.0 Å². The smallest absolute Gasteiger partial charge is 0.318 e. The second-order valence-electron chi connectivity index (χ2n) is 5.63. The lowest BCUT2D eigenvalue weighted by Crippen LogP contribution is -2.07. The highest BCUT2D eigenvalue weighted by molar-refractivity contribution is 6.30. The molecule has 1 unspecified atom stereocenters. The fraction of sp³-hybridized carbons (Fsp3) is 0.312. The van der Waals surface area contributed by atoms with Crippen LogP contribution in [0.3, 0.4) is 0 Å². The Labute approximate surface area is 148 Å². The summed E-state index contributed by atoms with van der Waals surface area (Å²) in [6.45, 7) is 0.703. The Morgan fingerprint density at radius 1 is 1.40 bits per heavy atom. The Morgan fingerprint density at radius 3 is 3.04 bits per heavy atom. The minimum atomic E-state index is -0.345. The molecule has 0 radical (unpaired) electrons. The predicted molar refractivity (Wildman–Crippen MR) is 92.5 cm³/mol. The highest BCUT2D eigenvalue weighted by atomic mass is 35.5. The summed E-state index contributed by atoms with van der Waals surface area (Å²) < 4.78 is 12.8. The van der Waals surface area contributed by atoms with Crippen molar-refractivity contribution in [3.8, 4) is 11.8 Å². The molecule has 8 nitrogen and oxygen atoms in total. The highest BCUT2D eigenvalue weighted by Crippen LogP contribution is 2.33. The average molecular weight is 362 g/mol. The van der Waals surface area contributed by atoms with E-state index in [0.29, 0.717) is 40.0 Å². The van der Waals surface area contributed by atoms with Crippen LogP contribution in [-0.4, -0.2) is 38.3 Å². The third kappa shape index (κ3) is 2.94. The molecule has 2 aromatic heterocycles. The molecule has 0 spiro atoms. The Kier molecular flexibility index (Phi) is 4.06. The number of nitrogens with one attached hydrogen (secondary N) is 1. The van der Waals surface area contributed by atoms with Crippen LogP contribution in [0.1, 0.15) is 19.1 Å². The van der Waals surface area contributed by atoms with Gasteiger partial charge in [0.15, 0.2) is 17.0 Å². The molecule has 130 valence electrons. The Balaban J connectivity index is 1.77. The maximum absolute atomic E-state index is 9.95. The molecule has 1 fully saturated rings. The predicted octanol–water partition coefficient (Wildman–Crippen LogP) is 3.25. The van der Waals surface area contributed by atoms with Crippen LogP contribution in [-0.2, 0) is 4.74 Å². The number of fused-ring (bicyclic) bond motifs is 1. The van der Waals surface area contributed by atoms with Gasteiger partial charge < -0.3 is 19.9 Å². The van der Waals surface area contributed by atoms with E-state index in [1.807, 2.05) is 4.57 Å². The van der Waals surface area contributed by atoms with Gasteiger partial charge in [0.25, 0.3) is 0 Å². The number of hydrogen-bond acceptors (Lipinski definition) is 7. The van der Waals surface area contributed by atoms with Crippen LogP contribution in [0.2, 0.25) is 5.02 Å². The molecule has 25 heavy (non-hydrogen) atoms. The molecule has 9 heteroatoms. The third-order valence-electron chi connectivity index (χ3n) is 4.04. The molecule has 0 aliphatic carbocycles. The van der Waals surface area contributed by atoms with Crippen LogP contribution < -0.4 is 10.1 Å². The lowest BCUT2D eigenvalue weighted by Gasteiger charge is -2.13. The van der Waals surface area contributed by atoms with E-state index in [1.54, 1.807) is 31.6 Å². The number of anilines is 2. The Morgan fingerprint density at radius 2 is 2.28 bits per heavy atom. The number of benzene rings is 1. The van der Waals surface area contributed by atoms with E-state index >= 15 is 0 Å². The normalized spacial score (nSPS) is 17.1. The molecule has 1 aliphatic heterocycles. The van der Waals surface area contributed by atoms with Crippen LogP contribution in [0.5, 0.6) is 11.8 Å². The molecule has 0 amide bonds. The number of hydrogen-bond donors (Lipinski definition) is 2. The zero-order chi connectivity index (χ0) is 17.4. The van der Waals surface area contributed by atoms with Gasteiger partial charge in [-0.25, -0.2) is 4.98 Å². The summed E-state index contributed by atoms with van der Waals surface area (Å²) in [5.41, 5.74) is 1.69. The largest absolute Gasteiger partial charge is 0.495 e. The second kappa shape index (κ2) is 6.38. The summed E-state index contributed by atoms with van der Waals surface area (Å²) >= 11 is 5.99. The van der Waals surface area contributed by atoms with Gasteiger partial charge >= 0.3 is 6.01 Å². The molecule has 0 bridgehead atoms. The van der Waals surface area contributed by atoms with Crippen LogP contribution in [0.15, 0.2) is 24.5 Å². The first-order valence-electron chi connectivity index (χ1n) is 7.81. The number of nitrogens with zero attached hydrogens (tertiary/aromatic N) is 4. The van der Waals surface area contributed by atoms with Crippen molar-refractivity contribution >= 4 is 34.3 Å². The molecule has 3 aromatic rings. The lowest BCUT2D eigenvalue weighted by molar-refractivity contribution is 0.0592. The van der Waals surface area contributed by atoms with E-state index in [4.69, 9.17) is 21.1 Å². The first-order chi connectivity index (χ1) is 12.2. The molecule has 3 heterocycles. The minimum absolute atomic E-state index is 0.128. The van der Waals surface area contributed by atoms with Crippen molar-refractivity contribution in [3.05, 3.63) is 29.5 Å². The van der Waals surface area contributed by atoms with Gasteiger partial charge in [-0.1, -0.05) is 11.6 Å². The molecule has 1 atom stereocenters. The molecule has 2 N–H and O–H groups in total. The Hall–Kier alpha value is -2.58. The monoisotopic (exact) mass is 361 g/mol. The highest BCUT2D eigenvalue weighted by Gasteiger charge is 2.22. The SMILES string of the molecule is COc1cc(Cl)ccc1Nc1nc(O)nc2c1ncn2C1CCCO1. The average Bonchev–Trinajstić information content (AvgIpc) is 3.25. The van der Waals surface area contributed by atoms with Crippen molar-refractivity contribution in [2.24, 2.45) is 0 Å². The number of rotatable bonds is 4. The van der Waals surface area contributed by atoms with E-state index in [-0.39, 0.29) is 12.2 Å². The number of ether oxygens (including phenoxy) is 2. The van der Waals surface area contributed by atoms with Crippen molar-refractivity contribution in [2.45, 2.75) is 19.1 Å². The zero-order valence-corrected chi connectivity index (χ0v) is 14.2. The number of halogens is 1. The molecule has 0 saturated carbocycles. The lowest BCUT2D eigenvalue weighted by atomic mass is 10.3. The van der Waals surface area contributed by atoms with E-state index in [2.05, 4.69) is 20.3 Å². The van der Waals surface area contributed by atoms with Gasteiger partial charge in [-0.2, -0.15) is 9.97 Å². The standard InChI is InChI=1S/C16H16ClN5O3/c1-24-11-7-9(17)4-5-10(11)19-14-13-15(21-16(23)20-14)22(8-18-13)12-3-2-6-25-12/h4-5,7-8,12H,2-3,6H2,1H3,(H2,19,20,21,23). The molecule has 4 rings (SSSR count). The molecule has 1 aromatic carbocycles. The van der Waals surface area contributed by atoms with Crippen LogP contribution in [0.25, 0.3) is 11.2 Å². The van der Waals surface area contributed by atoms with Crippen molar-refractivity contribution in [3.63, 3.8) is 0 Å². The van der Waals surface area contributed by atoms with Gasteiger partial charge in [-0.15, -0.1) is 0 Å². The van der Waals surface area contributed by atoms with Gasteiger partial charge in [0.05, 0.1) is 19.1 Å². The summed E-state index contributed by atoms with van der Waals surface area (Å²) in [6, 6.07) is 4.84. The van der Waals surface area contributed by atoms with Crippen LogP contribution in [0.4, 0.5) is 11.5 Å². The van der Waals surface area contributed by atoms with E-state index < -0.39 is 0 Å². The summed E-state index contributed by atoms with van der Waals surface area (Å²) in [4.78, 5) is 12.6. The van der Waals surface area contributed by atoms with Crippen LogP contribution >= 0.6 is 11.6 Å².